The van der Waals surface area contributed by atoms with E-state index in [2.05, 4.69) is 5.32 Å². The topological polar surface area (TPSA) is 64.3 Å². The first-order valence-electron chi connectivity index (χ1n) is 7.47. The molecule has 0 atom stereocenters. The van der Waals surface area contributed by atoms with E-state index >= 15 is 0 Å². The van der Waals surface area contributed by atoms with Crippen molar-refractivity contribution in [2.45, 2.75) is 26.4 Å². The van der Waals surface area contributed by atoms with E-state index in [0.29, 0.717) is 26.0 Å². The number of para-hydroxylation sites is 1. The lowest BCUT2D eigenvalue weighted by Crippen LogP contribution is -2.14. The minimum Gasteiger partial charge on any atom is -0.489 e. The Balaban J connectivity index is 2.01. The highest BCUT2D eigenvalue weighted by molar-refractivity contribution is 5.91. The van der Waals surface area contributed by atoms with Gasteiger partial charge < -0.3 is 15.8 Å². The molecule has 2 aromatic rings. The van der Waals surface area contributed by atoms with Crippen molar-refractivity contribution in [3.63, 3.8) is 0 Å². The maximum atomic E-state index is 11.8. The summed E-state index contributed by atoms with van der Waals surface area (Å²) in [5.74, 6) is 0.828. The van der Waals surface area contributed by atoms with Gasteiger partial charge in [-0.2, -0.15) is 0 Å². The van der Waals surface area contributed by atoms with Gasteiger partial charge in [0.15, 0.2) is 0 Å². The summed E-state index contributed by atoms with van der Waals surface area (Å²) in [5.41, 5.74) is 8.34. The van der Waals surface area contributed by atoms with E-state index < -0.39 is 0 Å². The van der Waals surface area contributed by atoms with Gasteiger partial charge in [0.05, 0.1) is 0 Å². The first-order chi connectivity index (χ1) is 10.7. The predicted molar refractivity (Wildman–Crippen MR) is 88.9 cm³/mol. The Labute approximate surface area is 131 Å². The lowest BCUT2D eigenvalue weighted by molar-refractivity contribution is -0.116. The highest BCUT2D eigenvalue weighted by atomic mass is 16.5. The smallest absolute Gasteiger partial charge is 0.224 e. The van der Waals surface area contributed by atoms with Gasteiger partial charge in [-0.3, -0.25) is 4.79 Å². The largest absolute Gasteiger partial charge is 0.489 e. The van der Waals surface area contributed by atoms with E-state index in [1.807, 2.05) is 55.5 Å². The van der Waals surface area contributed by atoms with Gasteiger partial charge >= 0.3 is 0 Å². The molecule has 3 N–H and O–H groups in total. The summed E-state index contributed by atoms with van der Waals surface area (Å²) in [4.78, 5) is 11.8. The van der Waals surface area contributed by atoms with Crippen molar-refractivity contribution in [1.82, 2.24) is 0 Å². The van der Waals surface area contributed by atoms with Gasteiger partial charge in [-0.15, -0.1) is 0 Å². The average Bonchev–Trinajstić information content (AvgIpc) is 2.55. The molecule has 0 bridgehead atoms. The Morgan fingerprint density at radius 1 is 1.14 bits per heavy atom. The Hall–Kier alpha value is -2.33. The number of benzene rings is 2. The quantitative estimate of drug-likeness (QED) is 0.824. The zero-order chi connectivity index (χ0) is 15.8. The summed E-state index contributed by atoms with van der Waals surface area (Å²) in [7, 11) is 0. The molecule has 116 valence electrons. The molecule has 22 heavy (non-hydrogen) atoms. The number of ether oxygens (including phenoxy) is 1. The third-order valence-electron chi connectivity index (χ3n) is 3.47. The number of anilines is 1. The van der Waals surface area contributed by atoms with Crippen molar-refractivity contribution in [2.24, 2.45) is 5.73 Å². The Bertz CT molecular complexity index is 612. The second-order valence-electron chi connectivity index (χ2n) is 5.13. The summed E-state index contributed by atoms with van der Waals surface area (Å²) in [6, 6.07) is 15.5. The normalized spacial score (nSPS) is 10.3. The highest BCUT2D eigenvalue weighted by Crippen LogP contribution is 2.21. The molecule has 0 saturated carbocycles. The molecule has 2 rings (SSSR count). The van der Waals surface area contributed by atoms with Crippen LogP contribution in [0, 0.1) is 6.92 Å². The van der Waals surface area contributed by atoms with E-state index in [9.17, 15) is 4.79 Å². The molecule has 1 amide bonds. The number of rotatable bonds is 7. The van der Waals surface area contributed by atoms with Crippen LogP contribution in [-0.4, -0.2) is 12.5 Å². The van der Waals surface area contributed by atoms with Crippen molar-refractivity contribution in [3.05, 3.63) is 59.7 Å². The van der Waals surface area contributed by atoms with Gasteiger partial charge in [-0.05, 0) is 49.2 Å². The number of nitrogens with one attached hydrogen (secondary N) is 1. The summed E-state index contributed by atoms with van der Waals surface area (Å²) in [6.07, 6.45) is 1.14. The molecule has 0 aliphatic heterocycles. The molecule has 0 aliphatic carbocycles. The molecule has 4 heteroatoms. The maximum Gasteiger partial charge on any atom is 0.224 e. The molecule has 2 aromatic carbocycles. The Morgan fingerprint density at radius 3 is 2.64 bits per heavy atom. The summed E-state index contributed by atoms with van der Waals surface area (Å²) in [6.45, 7) is 2.99. The molecule has 0 radical (unpaired) electrons. The molecule has 0 aliphatic rings. The average molecular weight is 298 g/mol. The van der Waals surface area contributed by atoms with Crippen LogP contribution in [0.5, 0.6) is 5.75 Å². The third-order valence-corrected chi connectivity index (χ3v) is 3.47. The van der Waals surface area contributed by atoms with Crippen LogP contribution in [0.3, 0.4) is 0 Å². The van der Waals surface area contributed by atoms with Crippen LogP contribution in [0.4, 0.5) is 5.69 Å². The standard InChI is InChI=1S/C18H22N2O2/c1-14-15(13-22-16-8-3-2-4-9-16)7-5-10-17(14)20-18(21)11-6-12-19/h2-5,7-10H,6,11-13,19H2,1H3,(H,20,21). The van der Waals surface area contributed by atoms with Crippen molar-refractivity contribution >= 4 is 11.6 Å². The molecular weight excluding hydrogens is 276 g/mol. The second kappa shape index (κ2) is 8.20. The maximum absolute atomic E-state index is 11.8. The minimum absolute atomic E-state index is 0.00493. The zero-order valence-corrected chi connectivity index (χ0v) is 12.8. The highest BCUT2D eigenvalue weighted by Gasteiger charge is 2.08. The van der Waals surface area contributed by atoms with Crippen LogP contribution in [0.1, 0.15) is 24.0 Å². The van der Waals surface area contributed by atoms with Gasteiger partial charge in [0.25, 0.3) is 0 Å². The molecule has 0 fully saturated rings. The van der Waals surface area contributed by atoms with E-state index in [0.717, 1.165) is 22.6 Å². The molecular formula is C18H22N2O2. The molecule has 0 unspecified atom stereocenters. The number of amides is 1. The summed E-state index contributed by atoms with van der Waals surface area (Å²) >= 11 is 0. The summed E-state index contributed by atoms with van der Waals surface area (Å²) in [5, 5.41) is 2.93. The van der Waals surface area contributed by atoms with Gasteiger partial charge in [-0.25, -0.2) is 0 Å². The number of hydrogen-bond acceptors (Lipinski definition) is 3. The molecule has 4 nitrogen and oxygen atoms in total. The second-order valence-corrected chi connectivity index (χ2v) is 5.13. The third kappa shape index (κ3) is 4.60. The number of hydrogen-bond donors (Lipinski definition) is 2. The Kier molecular flexibility index (Phi) is 5.98. The molecule has 0 saturated heterocycles. The van der Waals surface area contributed by atoms with Crippen molar-refractivity contribution in [3.8, 4) is 5.75 Å². The lowest BCUT2D eigenvalue weighted by atomic mass is 10.1. The van der Waals surface area contributed by atoms with Crippen LogP contribution >= 0.6 is 0 Å². The molecule has 0 aromatic heterocycles. The molecule has 0 heterocycles. The van der Waals surface area contributed by atoms with Crippen molar-refractivity contribution in [2.75, 3.05) is 11.9 Å². The van der Waals surface area contributed by atoms with Crippen LogP contribution in [-0.2, 0) is 11.4 Å². The summed E-state index contributed by atoms with van der Waals surface area (Å²) < 4.78 is 5.77. The first kappa shape index (κ1) is 16.0. The lowest BCUT2D eigenvalue weighted by Gasteiger charge is -2.13. The first-order valence-corrected chi connectivity index (χ1v) is 7.47. The van der Waals surface area contributed by atoms with Crippen LogP contribution in [0.25, 0.3) is 0 Å². The SMILES string of the molecule is Cc1c(COc2ccccc2)cccc1NC(=O)CCCN. The van der Waals surface area contributed by atoms with Gasteiger partial charge in [0.1, 0.15) is 12.4 Å². The van der Waals surface area contributed by atoms with Crippen LogP contribution < -0.4 is 15.8 Å². The minimum atomic E-state index is -0.00493. The fraction of sp³-hybridized carbons (Fsp3) is 0.278. The van der Waals surface area contributed by atoms with Gasteiger partial charge in [0.2, 0.25) is 5.91 Å². The van der Waals surface area contributed by atoms with E-state index in [4.69, 9.17) is 10.5 Å². The van der Waals surface area contributed by atoms with Crippen LogP contribution in [0.15, 0.2) is 48.5 Å². The van der Waals surface area contributed by atoms with Gasteiger partial charge in [0, 0.05) is 12.1 Å². The fourth-order valence-corrected chi connectivity index (χ4v) is 2.13. The Morgan fingerprint density at radius 2 is 1.91 bits per heavy atom. The van der Waals surface area contributed by atoms with Crippen LogP contribution in [0.2, 0.25) is 0 Å². The van der Waals surface area contributed by atoms with E-state index in [1.165, 1.54) is 0 Å². The van der Waals surface area contributed by atoms with Gasteiger partial charge in [-0.1, -0.05) is 30.3 Å². The van der Waals surface area contributed by atoms with E-state index in [1.54, 1.807) is 0 Å². The predicted octanol–water partition coefficient (Wildman–Crippen LogP) is 3.25. The number of carbonyl (C=O) groups is 1. The van der Waals surface area contributed by atoms with Crippen molar-refractivity contribution < 1.29 is 9.53 Å². The van der Waals surface area contributed by atoms with E-state index in [-0.39, 0.29) is 5.91 Å². The number of carbonyl (C=O) groups excluding carboxylic acids is 1. The number of nitrogens with two attached hydrogens (primary N) is 1. The fourth-order valence-electron chi connectivity index (χ4n) is 2.13. The van der Waals surface area contributed by atoms with Crippen molar-refractivity contribution in [1.29, 1.82) is 0 Å². The molecule has 0 spiro atoms. The monoisotopic (exact) mass is 298 g/mol. The zero-order valence-electron chi connectivity index (χ0n) is 12.8.